The number of anilines is 1. The van der Waals surface area contributed by atoms with Crippen molar-refractivity contribution in [1.29, 1.82) is 0 Å². The Bertz CT molecular complexity index is 758. The van der Waals surface area contributed by atoms with E-state index in [0.717, 1.165) is 48.4 Å². The van der Waals surface area contributed by atoms with Crippen LogP contribution in [0.2, 0.25) is 0 Å². The lowest BCUT2D eigenvalue weighted by molar-refractivity contribution is 0.126. The van der Waals surface area contributed by atoms with E-state index in [-0.39, 0.29) is 6.10 Å². The first-order valence-corrected chi connectivity index (χ1v) is 7.57. The molecule has 7 nitrogen and oxygen atoms in total. The van der Waals surface area contributed by atoms with Crippen LogP contribution in [0.5, 0.6) is 0 Å². The van der Waals surface area contributed by atoms with Gasteiger partial charge in [0, 0.05) is 30.2 Å². The number of rotatable bonds is 3. The largest absolute Gasteiger partial charge is 0.393 e. The van der Waals surface area contributed by atoms with Crippen molar-refractivity contribution >= 4 is 11.5 Å². The van der Waals surface area contributed by atoms with Gasteiger partial charge in [-0.2, -0.15) is 5.10 Å². The molecule has 22 heavy (non-hydrogen) atoms. The van der Waals surface area contributed by atoms with Crippen LogP contribution in [0.1, 0.15) is 25.7 Å². The molecule has 3 N–H and O–H groups in total. The summed E-state index contributed by atoms with van der Waals surface area (Å²) in [7, 11) is 0. The standard InChI is InChI=1S/C15H18N6O/c22-12-3-1-11(2-4-12)20-14-15-16-5-6-21(15)13(9-17-14)10-7-18-19-8-10/h5-9,11-12,22H,1-4H2,(H,17,20)(H,18,19)/t11-,12-. The van der Waals surface area contributed by atoms with Gasteiger partial charge in [-0.3, -0.25) is 9.50 Å². The van der Waals surface area contributed by atoms with Gasteiger partial charge in [-0.1, -0.05) is 0 Å². The van der Waals surface area contributed by atoms with E-state index < -0.39 is 0 Å². The van der Waals surface area contributed by atoms with Gasteiger partial charge in [0.2, 0.25) is 0 Å². The molecular formula is C15H18N6O. The molecule has 114 valence electrons. The number of fused-ring (bicyclic) bond motifs is 1. The van der Waals surface area contributed by atoms with Crippen molar-refractivity contribution in [3.8, 4) is 11.3 Å². The van der Waals surface area contributed by atoms with E-state index in [1.807, 2.05) is 23.0 Å². The number of H-pyrrole nitrogens is 1. The van der Waals surface area contributed by atoms with Crippen molar-refractivity contribution in [2.45, 2.75) is 37.8 Å². The molecule has 7 heteroatoms. The normalized spacial score (nSPS) is 22.0. The van der Waals surface area contributed by atoms with Crippen molar-refractivity contribution in [3.63, 3.8) is 0 Å². The third-order valence-electron chi connectivity index (χ3n) is 4.26. The Kier molecular flexibility index (Phi) is 3.27. The second kappa shape index (κ2) is 5.42. The second-order valence-electron chi connectivity index (χ2n) is 5.75. The first-order chi connectivity index (χ1) is 10.8. The van der Waals surface area contributed by atoms with Crippen molar-refractivity contribution in [2.75, 3.05) is 5.32 Å². The van der Waals surface area contributed by atoms with Gasteiger partial charge in [0.1, 0.15) is 0 Å². The highest BCUT2D eigenvalue weighted by molar-refractivity contribution is 5.69. The fourth-order valence-corrected chi connectivity index (χ4v) is 3.04. The van der Waals surface area contributed by atoms with Crippen LogP contribution in [-0.2, 0) is 0 Å². The maximum absolute atomic E-state index is 9.61. The van der Waals surface area contributed by atoms with Crippen LogP contribution >= 0.6 is 0 Å². The van der Waals surface area contributed by atoms with Crippen LogP contribution in [-0.4, -0.2) is 41.8 Å². The van der Waals surface area contributed by atoms with E-state index in [1.54, 1.807) is 12.4 Å². The molecule has 0 aromatic carbocycles. The summed E-state index contributed by atoms with van der Waals surface area (Å²) in [6.07, 6.45) is 12.6. The van der Waals surface area contributed by atoms with Gasteiger partial charge >= 0.3 is 0 Å². The van der Waals surface area contributed by atoms with E-state index >= 15 is 0 Å². The predicted octanol–water partition coefficient (Wildman–Crippen LogP) is 1.83. The van der Waals surface area contributed by atoms with Crippen molar-refractivity contribution in [1.82, 2.24) is 24.6 Å². The summed E-state index contributed by atoms with van der Waals surface area (Å²) in [6, 6.07) is 0.344. The zero-order valence-electron chi connectivity index (χ0n) is 12.1. The summed E-state index contributed by atoms with van der Waals surface area (Å²) in [5, 5.41) is 19.9. The highest BCUT2D eigenvalue weighted by atomic mass is 16.3. The SMILES string of the molecule is O[C@H]1CC[C@H](Nc2ncc(-c3cn[nH]c3)n3ccnc23)CC1. The molecule has 0 amide bonds. The average Bonchev–Trinajstić information content (AvgIpc) is 3.20. The lowest BCUT2D eigenvalue weighted by Gasteiger charge is -2.26. The first kappa shape index (κ1) is 13.3. The Hall–Kier alpha value is -2.41. The second-order valence-corrected chi connectivity index (χ2v) is 5.75. The summed E-state index contributed by atoms with van der Waals surface area (Å²) in [6.45, 7) is 0. The van der Waals surface area contributed by atoms with Gasteiger partial charge in [-0.05, 0) is 25.7 Å². The summed E-state index contributed by atoms with van der Waals surface area (Å²) >= 11 is 0. The third-order valence-corrected chi connectivity index (χ3v) is 4.26. The fourth-order valence-electron chi connectivity index (χ4n) is 3.04. The van der Waals surface area contributed by atoms with E-state index in [4.69, 9.17) is 0 Å². The Morgan fingerprint density at radius 3 is 2.82 bits per heavy atom. The number of nitrogens with zero attached hydrogens (tertiary/aromatic N) is 4. The van der Waals surface area contributed by atoms with Crippen LogP contribution in [0.25, 0.3) is 16.9 Å². The number of nitrogens with one attached hydrogen (secondary N) is 2. The zero-order valence-corrected chi connectivity index (χ0v) is 12.1. The van der Waals surface area contributed by atoms with Crippen molar-refractivity contribution in [3.05, 3.63) is 31.0 Å². The number of hydrogen-bond donors (Lipinski definition) is 3. The molecule has 1 aliphatic carbocycles. The Morgan fingerprint density at radius 1 is 1.18 bits per heavy atom. The van der Waals surface area contributed by atoms with Gasteiger partial charge in [0.05, 0.1) is 24.2 Å². The fraction of sp³-hybridized carbons (Fsp3) is 0.400. The number of hydrogen-bond acceptors (Lipinski definition) is 5. The highest BCUT2D eigenvalue weighted by Gasteiger charge is 2.21. The average molecular weight is 298 g/mol. The van der Waals surface area contributed by atoms with Crippen LogP contribution < -0.4 is 5.32 Å². The lowest BCUT2D eigenvalue weighted by atomic mass is 9.93. The number of aliphatic hydroxyl groups is 1. The molecule has 0 unspecified atom stereocenters. The molecule has 0 atom stereocenters. The minimum absolute atomic E-state index is 0.152. The molecule has 0 aliphatic heterocycles. The molecule has 0 saturated heterocycles. The molecule has 1 saturated carbocycles. The maximum atomic E-state index is 9.61. The Balaban J connectivity index is 1.65. The van der Waals surface area contributed by atoms with E-state index in [2.05, 4.69) is 25.5 Å². The maximum Gasteiger partial charge on any atom is 0.180 e. The topological polar surface area (TPSA) is 91.1 Å². The minimum Gasteiger partial charge on any atom is -0.393 e. The van der Waals surface area contributed by atoms with E-state index in [0.29, 0.717) is 6.04 Å². The summed E-state index contributed by atoms with van der Waals surface area (Å²) in [5.74, 6) is 0.790. The highest BCUT2D eigenvalue weighted by Crippen LogP contribution is 2.25. The molecule has 3 aromatic heterocycles. The van der Waals surface area contributed by atoms with Gasteiger partial charge in [0.25, 0.3) is 0 Å². The molecular weight excluding hydrogens is 280 g/mol. The quantitative estimate of drug-likeness (QED) is 0.686. The smallest absolute Gasteiger partial charge is 0.180 e. The monoisotopic (exact) mass is 298 g/mol. The summed E-state index contributed by atoms with van der Waals surface area (Å²) in [5.41, 5.74) is 2.73. The molecule has 0 radical (unpaired) electrons. The Morgan fingerprint density at radius 2 is 2.05 bits per heavy atom. The van der Waals surface area contributed by atoms with Gasteiger partial charge in [0.15, 0.2) is 11.5 Å². The molecule has 1 aliphatic rings. The number of aromatic nitrogens is 5. The van der Waals surface area contributed by atoms with Gasteiger partial charge in [-0.15, -0.1) is 0 Å². The number of imidazole rings is 1. The molecule has 3 aromatic rings. The van der Waals surface area contributed by atoms with E-state index in [9.17, 15) is 5.11 Å². The van der Waals surface area contributed by atoms with E-state index in [1.165, 1.54) is 0 Å². The third kappa shape index (κ3) is 2.33. The van der Waals surface area contributed by atoms with Gasteiger partial charge in [-0.25, -0.2) is 9.97 Å². The summed E-state index contributed by atoms with van der Waals surface area (Å²) < 4.78 is 2.01. The van der Waals surface area contributed by atoms with Crippen molar-refractivity contribution in [2.24, 2.45) is 0 Å². The number of aliphatic hydroxyl groups excluding tert-OH is 1. The zero-order chi connectivity index (χ0) is 14.9. The molecule has 4 rings (SSSR count). The number of aromatic amines is 1. The lowest BCUT2D eigenvalue weighted by Crippen LogP contribution is -2.28. The van der Waals surface area contributed by atoms with Crippen LogP contribution in [0.3, 0.4) is 0 Å². The van der Waals surface area contributed by atoms with Crippen LogP contribution in [0.4, 0.5) is 5.82 Å². The van der Waals surface area contributed by atoms with Crippen molar-refractivity contribution < 1.29 is 5.11 Å². The Labute approximate surface area is 127 Å². The molecule has 0 bridgehead atoms. The predicted molar refractivity (Wildman–Crippen MR) is 82.5 cm³/mol. The summed E-state index contributed by atoms with van der Waals surface area (Å²) in [4.78, 5) is 8.98. The molecule has 0 spiro atoms. The van der Waals surface area contributed by atoms with Gasteiger partial charge < -0.3 is 10.4 Å². The molecule has 3 heterocycles. The molecule has 1 fully saturated rings. The minimum atomic E-state index is -0.152. The van der Waals surface area contributed by atoms with Crippen LogP contribution in [0, 0.1) is 0 Å². The first-order valence-electron chi connectivity index (χ1n) is 7.57. The van der Waals surface area contributed by atoms with Crippen LogP contribution in [0.15, 0.2) is 31.0 Å².